The number of halogens is 3. The SMILES string of the molecule is CC(=O)C=C(C)SC(F)(F)F. The Kier molecular flexibility index (Phi) is 3.65. The quantitative estimate of drug-likeness (QED) is 0.614. The van der Waals surface area contributed by atoms with E-state index in [-0.39, 0.29) is 22.5 Å². The Bertz CT molecular complexity index is 183. The molecule has 0 aromatic heterocycles. The van der Waals surface area contributed by atoms with Crippen LogP contribution in [0.4, 0.5) is 13.2 Å². The van der Waals surface area contributed by atoms with Crippen molar-refractivity contribution < 1.29 is 18.0 Å². The first kappa shape index (κ1) is 10.6. The molecular formula is C6H7F3OS. The molecular weight excluding hydrogens is 177 g/mol. The maximum atomic E-state index is 11.6. The van der Waals surface area contributed by atoms with Crippen molar-refractivity contribution in [3.63, 3.8) is 0 Å². The summed E-state index contributed by atoms with van der Waals surface area (Å²) in [5, 5.41) is 0. The summed E-state index contributed by atoms with van der Waals surface area (Å²) in [5.74, 6) is -0.376. The summed E-state index contributed by atoms with van der Waals surface area (Å²) in [4.78, 5) is 10.2. The van der Waals surface area contributed by atoms with E-state index in [2.05, 4.69) is 0 Å². The van der Waals surface area contributed by atoms with Crippen molar-refractivity contribution >= 4 is 17.5 Å². The molecule has 0 amide bonds. The number of ketones is 1. The largest absolute Gasteiger partial charge is 0.446 e. The first-order valence-corrected chi connectivity index (χ1v) is 3.57. The van der Waals surface area contributed by atoms with Crippen molar-refractivity contribution in [1.82, 2.24) is 0 Å². The van der Waals surface area contributed by atoms with Gasteiger partial charge in [0.15, 0.2) is 5.78 Å². The Hall–Kier alpha value is -0.450. The molecule has 0 aromatic carbocycles. The topological polar surface area (TPSA) is 17.1 Å². The molecule has 0 atom stereocenters. The lowest BCUT2D eigenvalue weighted by molar-refractivity contribution is -0.112. The third kappa shape index (κ3) is 7.45. The molecule has 0 unspecified atom stereocenters. The molecule has 0 bridgehead atoms. The molecule has 64 valence electrons. The molecule has 0 aliphatic heterocycles. The van der Waals surface area contributed by atoms with Gasteiger partial charge in [0.05, 0.1) is 0 Å². The highest BCUT2D eigenvalue weighted by Crippen LogP contribution is 2.35. The number of carbonyl (C=O) groups is 1. The third-order valence-electron chi connectivity index (χ3n) is 0.683. The zero-order valence-electron chi connectivity index (χ0n) is 6.03. The number of thioether (sulfide) groups is 1. The molecule has 0 radical (unpaired) electrons. The van der Waals surface area contributed by atoms with Crippen LogP contribution < -0.4 is 0 Å². The number of carbonyl (C=O) groups excluding carboxylic acids is 1. The molecule has 0 fully saturated rings. The summed E-state index contributed by atoms with van der Waals surface area (Å²) in [5.41, 5.74) is -4.30. The Balaban J connectivity index is 4.07. The average molecular weight is 184 g/mol. The molecule has 0 heterocycles. The van der Waals surface area contributed by atoms with Gasteiger partial charge in [-0.2, -0.15) is 13.2 Å². The normalized spacial score (nSPS) is 13.4. The van der Waals surface area contributed by atoms with E-state index in [1.54, 1.807) is 0 Å². The van der Waals surface area contributed by atoms with E-state index < -0.39 is 5.51 Å². The van der Waals surface area contributed by atoms with Gasteiger partial charge in [-0.3, -0.25) is 4.79 Å². The van der Waals surface area contributed by atoms with Crippen molar-refractivity contribution in [1.29, 1.82) is 0 Å². The van der Waals surface area contributed by atoms with Crippen molar-refractivity contribution in [3.8, 4) is 0 Å². The first-order chi connectivity index (χ1) is 4.81. The fraction of sp³-hybridized carbons (Fsp3) is 0.500. The van der Waals surface area contributed by atoms with Crippen LogP contribution >= 0.6 is 11.8 Å². The van der Waals surface area contributed by atoms with Crippen molar-refractivity contribution in [2.45, 2.75) is 19.4 Å². The van der Waals surface area contributed by atoms with Gasteiger partial charge in [0, 0.05) is 0 Å². The standard InChI is InChI=1S/C6H7F3OS/c1-4(10)3-5(2)11-6(7,8)9/h3H,1-2H3. The molecule has 0 saturated heterocycles. The predicted octanol–water partition coefficient (Wildman–Crippen LogP) is 2.73. The van der Waals surface area contributed by atoms with Crippen LogP contribution in [0.25, 0.3) is 0 Å². The van der Waals surface area contributed by atoms with Gasteiger partial charge in [-0.25, -0.2) is 0 Å². The summed E-state index contributed by atoms with van der Waals surface area (Å²) >= 11 is -0.275. The first-order valence-electron chi connectivity index (χ1n) is 2.76. The highest BCUT2D eigenvalue weighted by molar-refractivity contribution is 8.03. The monoisotopic (exact) mass is 184 g/mol. The molecule has 11 heavy (non-hydrogen) atoms. The van der Waals surface area contributed by atoms with Crippen LogP contribution in [0.2, 0.25) is 0 Å². The van der Waals surface area contributed by atoms with Gasteiger partial charge in [0.2, 0.25) is 0 Å². The molecule has 0 aliphatic carbocycles. The van der Waals surface area contributed by atoms with E-state index in [9.17, 15) is 18.0 Å². The van der Waals surface area contributed by atoms with E-state index in [0.29, 0.717) is 0 Å². The number of rotatable bonds is 2. The maximum Gasteiger partial charge on any atom is 0.446 e. The van der Waals surface area contributed by atoms with Crippen molar-refractivity contribution in [2.75, 3.05) is 0 Å². The fourth-order valence-electron chi connectivity index (χ4n) is 0.498. The van der Waals surface area contributed by atoms with Crippen LogP contribution in [0.3, 0.4) is 0 Å². The Morgan fingerprint density at radius 2 is 1.82 bits per heavy atom. The summed E-state index contributed by atoms with van der Waals surface area (Å²) in [6.45, 7) is 2.46. The van der Waals surface area contributed by atoms with Crippen molar-refractivity contribution in [3.05, 3.63) is 11.0 Å². The Labute approximate surface area is 66.7 Å². The highest BCUT2D eigenvalue weighted by atomic mass is 32.2. The molecule has 0 spiro atoms. The smallest absolute Gasteiger partial charge is 0.295 e. The molecule has 0 aromatic rings. The minimum atomic E-state index is -4.30. The number of alkyl halides is 3. The highest BCUT2D eigenvalue weighted by Gasteiger charge is 2.28. The lowest BCUT2D eigenvalue weighted by Crippen LogP contribution is -1.99. The number of hydrogen-bond acceptors (Lipinski definition) is 2. The summed E-state index contributed by atoms with van der Waals surface area (Å²) in [6, 6.07) is 0. The minimum Gasteiger partial charge on any atom is -0.295 e. The Morgan fingerprint density at radius 1 is 1.36 bits per heavy atom. The van der Waals surface area contributed by atoms with Crippen LogP contribution in [0.5, 0.6) is 0 Å². The van der Waals surface area contributed by atoms with E-state index in [1.807, 2.05) is 0 Å². The van der Waals surface area contributed by atoms with Crippen LogP contribution in [-0.2, 0) is 4.79 Å². The summed E-state index contributed by atoms with van der Waals surface area (Å²) in [7, 11) is 0. The zero-order valence-corrected chi connectivity index (χ0v) is 6.84. The van der Waals surface area contributed by atoms with E-state index in [0.717, 1.165) is 6.08 Å². The van der Waals surface area contributed by atoms with Gasteiger partial charge in [-0.05, 0) is 36.6 Å². The molecule has 0 N–H and O–H groups in total. The minimum absolute atomic E-state index is 0.0370. The lowest BCUT2D eigenvalue weighted by atomic mass is 10.4. The zero-order chi connectivity index (χ0) is 9.07. The van der Waals surface area contributed by atoms with Crippen LogP contribution in [-0.4, -0.2) is 11.3 Å². The second-order valence-electron chi connectivity index (χ2n) is 1.91. The third-order valence-corrected chi connectivity index (χ3v) is 1.35. The Morgan fingerprint density at radius 3 is 2.09 bits per heavy atom. The number of allylic oxidation sites excluding steroid dienone is 2. The predicted molar refractivity (Wildman–Crippen MR) is 38.1 cm³/mol. The van der Waals surface area contributed by atoms with E-state index in [4.69, 9.17) is 0 Å². The molecule has 0 saturated carbocycles. The van der Waals surface area contributed by atoms with E-state index >= 15 is 0 Å². The molecule has 1 nitrogen and oxygen atoms in total. The van der Waals surface area contributed by atoms with Gasteiger partial charge in [-0.15, -0.1) is 0 Å². The van der Waals surface area contributed by atoms with Gasteiger partial charge in [0.25, 0.3) is 0 Å². The van der Waals surface area contributed by atoms with Crippen LogP contribution in [0.1, 0.15) is 13.8 Å². The maximum absolute atomic E-state index is 11.6. The molecule has 0 aliphatic rings. The van der Waals surface area contributed by atoms with Gasteiger partial charge in [0.1, 0.15) is 0 Å². The number of hydrogen-bond donors (Lipinski definition) is 0. The summed E-state index contributed by atoms with van der Waals surface area (Å²) in [6.07, 6.45) is 0.957. The van der Waals surface area contributed by atoms with Gasteiger partial charge in [-0.1, -0.05) is 0 Å². The molecule has 5 heteroatoms. The fourth-order valence-corrected chi connectivity index (χ4v) is 1.09. The van der Waals surface area contributed by atoms with Crippen LogP contribution in [0, 0.1) is 0 Å². The van der Waals surface area contributed by atoms with Gasteiger partial charge < -0.3 is 0 Å². The lowest BCUT2D eigenvalue weighted by Gasteiger charge is -2.03. The van der Waals surface area contributed by atoms with Crippen LogP contribution in [0.15, 0.2) is 11.0 Å². The summed E-state index contributed by atoms with van der Waals surface area (Å²) < 4.78 is 34.7. The van der Waals surface area contributed by atoms with Gasteiger partial charge >= 0.3 is 5.51 Å². The molecule has 0 rings (SSSR count). The van der Waals surface area contributed by atoms with Crippen molar-refractivity contribution in [2.24, 2.45) is 0 Å². The second kappa shape index (κ2) is 3.80. The average Bonchev–Trinajstić information content (AvgIpc) is 1.53. The second-order valence-corrected chi connectivity index (χ2v) is 3.22. The van der Waals surface area contributed by atoms with E-state index in [1.165, 1.54) is 13.8 Å².